The van der Waals surface area contributed by atoms with E-state index >= 15 is 0 Å². The van der Waals surface area contributed by atoms with Crippen molar-refractivity contribution in [1.29, 1.82) is 0 Å². The SMILES string of the molecule is CCOC(=O)c1ccc(OCC2c3cc(OC)c(OC)cc3CCN2C(=O)Cc2ccc(OC)cc2)cc1. The molecule has 3 aromatic rings. The van der Waals surface area contributed by atoms with Crippen LogP contribution in [0.25, 0.3) is 0 Å². The predicted octanol–water partition coefficient (Wildman–Crippen LogP) is 4.64. The molecule has 200 valence electrons. The molecule has 0 spiro atoms. The zero-order valence-corrected chi connectivity index (χ0v) is 22.2. The van der Waals surface area contributed by atoms with Gasteiger partial charge < -0.3 is 28.6 Å². The highest BCUT2D eigenvalue weighted by atomic mass is 16.5. The van der Waals surface area contributed by atoms with Crippen molar-refractivity contribution in [3.05, 3.63) is 82.9 Å². The van der Waals surface area contributed by atoms with Gasteiger partial charge in [-0.3, -0.25) is 4.79 Å². The lowest BCUT2D eigenvalue weighted by Gasteiger charge is -2.37. The molecule has 8 nitrogen and oxygen atoms in total. The van der Waals surface area contributed by atoms with E-state index in [1.807, 2.05) is 41.3 Å². The van der Waals surface area contributed by atoms with Gasteiger partial charge >= 0.3 is 5.97 Å². The van der Waals surface area contributed by atoms with Gasteiger partial charge in [-0.2, -0.15) is 0 Å². The van der Waals surface area contributed by atoms with Gasteiger partial charge in [-0.25, -0.2) is 4.79 Å². The van der Waals surface area contributed by atoms with Gasteiger partial charge in [-0.15, -0.1) is 0 Å². The summed E-state index contributed by atoms with van der Waals surface area (Å²) in [5.41, 5.74) is 3.40. The van der Waals surface area contributed by atoms with Gasteiger partial charge in [0.25, 0.3) is 0 Å². The van der Waals surface area contributed by atoms with Crippen LogP contribution in [0.15, 0.2) is 60.7 Å². The van der Waals surface area contributed by atoms with Crippen LogP contribution in [0.2, 0.25) is 0 Å². The number of hydrogen-bond acceptors (Lipinski definition) is 7. The quantitative estimate of drug-likeness (QED) is 0.361. The normalized spacial score (nSPS) is 14.3. The molecule has 1 atom stereocenters. The first kappa shape index (κ1) is 26.9. The summed E-state index contributed by atoms with van der Waals surface area (Å²) in [5, 5.41) is 0. The summed E-state index contributed by atoms with van der Waals surface area (Å²) >= 11 is 0. The van der Waals surface area contributed by atoms with Crippen molar-refractivity contribution in [2.24, 2.45) is 0 Å². The summed E-state index contributed by atoms with van der Waals surface area (Å²) in [6.45, 7) is 2.86. The Morgan fingerprint density at radius 1 is 0.868 bits per heavy atom. The van der Waals surface area contributed by atoms with E-state index in [0.29, 0.717) is 42.4 Å². The molecule has 1 unspecified atom stereocenters. The van der Waals surface area contributed by atoms with Crippen LogP contribution in [0.4, 0.5) is 0 Å². The van der Waals surface area contributed by atoms with Crippen molar-refractivity contribution in [3.8, 4) is 23.0 Å². The molecule has 0 radical (unpaired) electrons. The molecule has 0 saturated heterocycles. The molecule has 0 N–H and O–H groups in total. The molecule has 1 heterocycles. The van der Waals surface area contributed by atoms with E-state index in [1.165, 1.54) is 0 Å². The summed E-state index contributed by atoms with van der Waals surface area (Å²) in [6.07, 6.45) is 0.951. The summed E-state index contributed by atoms with van der Waals surface area (Å²) in [4.78, 5) is 27.4. The van der Waals surface area contributed by atoms with Crippen molar-refractivity contribution in [2.45, 2.75) is 25.8 Å². The van der Waals surface area contributed by atoms with Crippen molar-refractivity contribution < 1.29 is 33.3 Å². The molecule has 0 aliphatic carbocycles. The molecular formula is C30H33NO7. The second-order valence-electron chi connectivity index (χ2n) is 8.84. The number of nitrogens with zero attached hydrogens (tertiary/aromatic N) is 1. The molecule has 0 saturated carbocycles. The number of fused-ring (bicyclic) bond motifs is 1. The van der Waals surface area contributed by atoms with Gasteiger partial charge in [0, 0.05) is 6.54 Å². The second-order valence-corrected chi connectivity index (χ2v) is 8.84. The molecule has 0 bridgehead atoms. The average Bonchev–Trinajstić information content (AvgIpc) is 2.95. The van der Waals surface area contributed by atoms with E-state index in [-0.39, 0.29) is 30.9 Å². The fourth-order valence-electron chi connectivity index (χ4n) is 4.60. The third-order valence-corrected chi connectivity index (χ3v) is 6.61. The third-order valence-electron chi connectivity index (χ3n) is 6.61. The van der Waals surface area contributed by atoms with Gasteiger partial charge in [0.15, 0.2) is 11.5 Å². The number of methoxy groups -OCH3 is 3. The Morgan fingerprint density at radius 2 is 1.53 bits per heavy atom. The standard InChI is InChI=1S/C30H33NO7/c1-5-37-30(33)21-8-12-24(13-9-21)38-19-26-25-18-28(36-4)27(35-3)17-22(25)14-15-31(26)29(32)16-20-6-10-23(34-2)11-7-20/h6-13,17-18,26H,5,14-16,19H2,1-4H3. The molecule has 0 fully saturated rings. The van der Waals surface area contributed by atoms with Gasteiger partial charge in [0.05, 0.1) is 46.0 Å². The van der Waals surface area contributed by atoms with Gasteiger partial charge in [0.2, 0.25) is 5.91 Å². The number of benzene rings is 3. The zero-order valence-electron chi connectivity index (χ0n) is 22.2. The number of carbonyl (C=O) groups is 2. The minimum Gasteiger partial charge on any atom is -0.497 e. The maximum absolute atomic E-state index is 13.5. The highest BCUT2D eigenvalue weighted by molar-refractivity contribution is 5.89. The smallest absolute Gasteiger partial charge is 0.338 e. The van der Waals surface area contributed by atoms with Crippen LogP contribution >= 0.6 is 0 Å². The van der Waals surface area contributed by atoms with Gasteiger partial charge in [-0.1, -0.05) is 12.1 Å². The Kier molecular flexibility index (Phi) is 8.73. The first-order valence-electron chi connectivity index (χ1n) is 12.5. The number of hydrogen-bond donors (Lipinski definition) is 0. The zero-order chi connectivity index (χ0) is 27.1. The molecular weight excluding hydrogens is 486 g/mol. The van der Waals surface area contributed by atoms with Crippen LogP contribution < -0.4 is 18.9 Å². The van der Waals surface area contributed by atoms with E-state index in [4.69, 9.17) is 23.7 Å². The van der Waals surface area contributed by atoms with Gasteiger partial charge in [-0.05, 0) is 78.6 Å². The van der Waals surface area contributed by atoms with E-state index in [0.717, 1.165) is 22.4 Å². The van der Waals surface area contributed by atoms with Crippen LogP contribution in [0.3, 0.4) is 0 Å². The van der Waals surface area contributed by atoms with Crippen LogP contribution in [0, 0.1) is 0 Å². The predicted molar refractivity (Wildman–Crippen MR) is 142 cm³/mol. The topological polar surface area (TPSA) is 83.5 Å². The Morgan fingerprint density at radius 3 is 2.16 bits per heavy atom. The fraction of sp³-hybridized carbons (Fsp3) is 0.333. The number of esters is 1. The van der Waals surface area contributed by atoms with Gasteiger partial charge in [0.1, 0.15) is 18.1 Å². The number of ether oxygens (including phenoxy) is 5. The van der Waals surface area contributed by atoms with Crippen molar-refractivity contribution in [3.63, 3.8) is 0 Å². The van der Waals surface area contributed by atoms with E-state index in [9.17, 15) is 9.59 Å². The monoisotopic (exact) mass is 519 g/mol. The Hall–Kier alpha value is -4.20. The van der Waals surface area contributed by atoms with Crippen LogP contribution in [0.1, 0.15) is 40.0 Å². The Bertz CT molecular complexity index is 1250. The minimum atomic E-state index is -0.378. The third kappa shape index (κ3) is 6.02. The molecule has 1 amide bonds. The first-order chi connectivity index (χ1) is 18.5. The van der Waals surface area contributed by atoms with E-state index < -0.39 is 0 Å². The summed E-state index contributed by atoms with van der Waals surface area (Å²) in [6, 6.07) is 17.9. The lowest BCUT2D eigenvalue weighted by molar-refractivity contribution is -0.134. The number of rotatable bonds is 10. The molecule has 1 aliphatic rings. The summed E-state index contributed by atoms with van der Waals surface area (Å²) in [7, 11) is 4.82. The maximum atomic E-state index is 13.5. The lowest BCUT2D eigenvalue weighted by Crippen LogP contribution is -2.43. The Labute approximate surface area is 223 Å². The molecule has 4 rings (SSSR count). The number of carbonyl (C=O) groups excluding carboxylic acids is 2. The highest BCUT2D eigenvalue weighted by Crippen LogP contribution is 2.38. The van der Waals surface area contributed by atoms with Crippen molar-refractivity contribution in [2.75, 3.05) is 41.1 Å². The molecule has 1 aliphatic heterocycles. The van der Waals surface area contributed by atoms with Crippen molar-refractivity contribution >= 4 is 11.9 Å². The fourth-order valence-corrected chi connectivity index (χ4v) is 4.60. The van der Waals surface area contributed by atoms with Crippen molar-refractivity contribution in [1.82, 2.24) is 4.90 Å². The largest absolute Gasteiger partial charge is 0.497 e. The summed E-state index contributed by atoms with van der Waals surface area (Å²) < 4.78 is 27.5. The number of amides is 1. The molecule has 8 heteroatoms. The summed E-state index contributed by atoms with van der Waals surface area (Å²) in [5.74, 6) is 2.21. The first-order valence-corrected chi connectivity index (χ1v) is 12.5. The minimum absolute atomic E-state index is 0.00172. The lowest BCUT2D eigenvalue weighted by atomic mass is 9.91. The molecule has 3 aromatic carbocycles. The van der Waals surface area contributed by atoms with Crippen LogP contribution in [0.5, 0.6) is 23.0 Å². The van der Waals surface area contributed by atoms with Crippen LogP contribution in [-0.2, 0) is 22.4 Å². The average molecular weight is 520 g/mol. The molecule has 0 aromatic heterocycles. The van der Waals surface area contributed by atoms with E-state index in [1.54, 1.807) is 52.5 Å². The maximum Gasteiger partial charge on any atom is 0.338 e. The highest BCUT2D eigenvalue weighted by Gasteiger charge is 2.33. The second kappa shape index (κ2) is 12.4. The molecule has 38 heavy (non-hydrogen) atoms. The van der Waals surface area contributed by atoms with Crippen LogP contribution in [-0.4, -0.2) is 57.9 Å². The van der Waals surface area contributed by atoms with E-state index in [2.05, 4.69) is 0 Å². The Balaban J connectivity index is 1.58.